The summed E-state index contributed by atoms with van der Waals surface area (Å²) in [5.41, 5.74) is 5.00. The molecule has 0 aromatic heterocycles. The van der Waals surface area contributed by atoms with E-state index in [9.17, 15) is 9.18 Å². The second kappa shape index (κ2) is 2.64. The highest BCUT2D eigenvalue weighted by Gasteiger charge is 2.12. The van der Waals surface area contributed by atoms with E-state index in [1.807, 2.05) is 0 Å². The molecule has 0 spiro atoms. The number of halogens is 1. The predicted molar refractivity (Wildman–Crippen MR) is 35.7 cm³/mol. The van der Waals surface area contributed by atoms with Gasteiger partial charge in [-0.05, 0) is 18.9 Å². The molecular weight excluding hydrogens is 133 g/mol. The van der Waals surface area contributed by atoms with Crippen LogP contribution in [-0.4, -0.2) is 5.91 Å². The molecule has 0 aliphatic heterocycles. The summed E-state index contributed by atoms with van der Waals surface area (Å²) in [6, 6.07) is 0. The maximum Gasteiger partial charge on any atom is 0.247 e. The molecule has 0 radical (unpaired) electrons. The molecule has 1 amide bonds. The molecule has 10 heavy (non-hydrogen) atoms. The number of rotatable bonds is 1. The largest absolute Gasteiger partial charge is 0.366 e. The monoisotopic (exact) mass is 141 g/mol. The Hall–Kier alpha value is -1.12. The SMILES string of the molecule is NC(=O)C1=C(F)C=CCC1. The van der Waals surface area contributed by atoms with Crippen LogP contribution in [0.5, 0.6) is 0 Å². The maximum absolute atomic E-state index is 12.6. The minimum absolute atomic E-state index is 0.113. The van der Waals surface area contributed by atoms with E-state index in [4.69, 9.17) is 5.73 Å². The molecule has 1 aliphatic rings. The molecule has 0 atom stereocenters. The van der Waals surface area contributed by atoms with Crippen LogP contribution in [0, 0.1) is 0 Å². The Morgan fingerprint density at radius 3 is 2.80 bits per heavy atom. The lowest BCUT2D eigenvalue weighted by molar-refractivity contribution is -0.114. The molecule has 1 aliphatic carbocycles. The zero-order valence-electron chi connectivity index (χ0n) is 5.43. The lowest BCUT2D eigenvalue weighted by atomic mass is 10.0. The summed E-state index contributed by atoms with van der Waals surface area (Å²) in [5, 5.41) is 0. The van der Waals surface area contributed by atoms with Gasteiger partial charge in [-0.25, -0.2) is 4.39 Å². The molecular formula is C7H8FNO. The van der Waals surface area contributed by atoms with Gasteiger partial charge in [-0.2, -0.15) is 0 Å². The van der Waals surface area contributed by atoms with Crippen molar-refractivity contribution in [3.05, 3.63) is 23.6 Å². The van der Waals surface area contributed by atoms with Crippen LogP contribution in [0.3, 0.4) is 0 Å². The number of carbonyl (C=O) groups is 1. The Labute approximate surface area is 58.2 Å². The van der Waals surface area contributed by atoms with Gasteiger partial charge >= 0.3 is 0 Å². The molecule has 0 aromatic carbocycles. The summed E-state index contributed by atoms with van der Waals surface area (Å²) >= 11 is 0. The first kappa shape index (κ1) is 6.99. The Bertz CT molecular complexity index is 218. The molecule has 0 saturated carbocycles. The van der Waals surface area contributed by atoms with Crippen LogP contribution >= 0.6 is 0 Å². The number of primary amides is 1. The van der Waals surface area contributed by atoms with E-state index in [1.165, 1.54) is 6.08 Å². The first-order valence-corrected chi connectivity index (χ1v) is 3.07. The smallest absolute Gasteiger partial charge is 0.247 e. The lowest BCUT2D eigenvalue weighted by Gasteiger charge is -2.05. The molecule has 0 bridgehead atoms. The molecule has 0 aromatic rings. The molecule has 0 fully saturated rings. The van der Waals surface area contributed by atoms with Crippen molar-refractivity contribution in [2.24, 2.45) is 5.73 Å². The molecule has 1 rings (SSSR count). The topological polar surface area (TPSA) is 43.1 Å². The van der Waals surface area contributed by atoms with Crippen molar-refractivity contribution < 1.29 is 9.18 Å². The van der Waals surface area contributed by atoms with Gasteiger partial charge in [0.1, 0.15) is 5.83 Å². The third-order valence-electron chi connectivity index (χ3n) is 1.41. The van der Waals surface area contributed by atoms with Gasteiger partial charge in [0.2, 0.25) is 5.91 Å². The van der Waals surface area contributed by atoms with Gasteiger partial charge < -0.3 is 5.73 Å². The zero-order chi connectivity index (χ0) is 7.56. The van der Waals surface area contributed by atoms with E-state index in [0.29, 0.717) is 12.8 Å². The number of amides is 1. The standard InChI is InChI=1S/C7H8FNO/c8-6-4-2-1-3-5(6)7(9)10/h2,4H,1,3H2,(H2,9,10). The van der Waals surface area contributed by atoms with Crippen LogP contribution in [0.1, 0.15) is 12.8 Å². The number of allylic oxidation sites excluding steroid dienone is 3. The fourth-order valence-corrected chi connectivity index (χ4v) is 0.875. The van der Waals surface area contributed by atoms with E-state index < -0.39 is 11.7 Å². The number of carbonyl (C=O) groups excluding carboxylic acids is 1. The first-order valence-electron chi connectivity index (χ1n) is 3.07. The molecule has 3 heteroatoms. The van der Waals surface area contributed by atoms with Crippen molar-refractivity contribution >= 4 is 5.91 Å². The van der Waals surface area contributed by atoms with Crippen LogP contribution < -0.4 is 5.73 Å². The van der Waals surface area contributed by atoms with Gasteiger partial charge in [-0.15, -0.1) is 0 Å². The quantitative estimate of drug-likeness (QED) is 0.582. The Kier molecular flexibility index (Phi) is 1.85. The van der Waals surface area contributed by atoms with Crippen LogP contribution in [-0.2, 0) is 4.79 Å². The summed E-state index contributed by atoms with van der Waals surface area (Å²) in [6.45, 7) is 0. The van der Waals surface area contributed by atoms with Crippen molar-refractivity contribution in [3.8, 4) is 0 Å². The molecule has 0 heterocycles. The molecule has 2 N–H and O–H groups in total. The Balaban J connectivity index is 2.89. The van der Waals surface area contributed by atoms with E-state index in [-0.39, 0.29) is 5.57 Å². The molecule has 2 nitrogen and oxygen atoms in total. The molecule has 0 saturated heterocycles. The molecule has 54 valence electrons. The van der Waals surface area contributed by atoms with E-state index in [0.717, 1.165) is 0 Å². The van der Waals surface area contributed by atoms with Crippen molar-refractivity contribution in [1.82, 2.24) is 0 Å². The minimum atomic E-state index is -0.651. The number of hydrogen-bond donors (Lipinski definition) is 1. The molecule has 0 unspecified atom stereocenters. The summed E-state index contributed by atoms with van der Waals surface area (Å²) in [5.74, 6) is -1.14. The van der Waals surface area contributed by atoms with Gasteiger partial charge in [0.15, 0.2) is 0 Å². The van der Waals surface area contributed by atoms with Gasteiger partial charge in [-0.1, -0.05) is 6.08 Å². The van der Waals surface area contributed by atoms with Crippen molar-refractivity contribution in [3.63, 3.8) is 0 Å². The summed E-state index contributed by atoms with van der Waals surface area (Å²) in [4.78, 5) is 10.5. The second-order valence-corrected chi connectivity index (χ2v) is 2.13. The van der Waals surface area contributed by atoms with E-state index in [2.05, 4.69) is 0 Å². The van der Waals surface area contributed by atoms with Crippen LogP contribution in [0.15, 0.2) is 23.6 Å². The van der Waals surface area contributed by atoms with Gasteiger partial charge in [0.05, 0.1) is 5.57 Å². The highest BCUT2D eigenvalue weighted by molar-refractivity contribution is 5.93. The predicted octanol–water partition coefficient (Wildman–Crippen LogP) is 1.05. The Morgan fingerprint density at radius 1 is 1.70 bits per heavy atom. The van der Waals surface area contributed by atoms with Crippen LogP contribution in [0.2, 0.25) is 0 Å². The van der Waals surface area contributed by atoms with Crippen molar-refractivity contribution in [2.75, 3.05) is 0 Å². The fourth-order valence-electron chi connectivity index (χ4n) is 0.875. The van der Waals surface area contributed by atoms with E-state index >= 15 is 0 Å². The van der Waals surface area contributed by atoms with Gasteiger partial charge in [0, 0.05) is 0 Å². The van der Waals surface area contributed by atoms with Crippen molar-refractivity contribution in [2.45, 2.75) is 12.8 Å². The summed E-state index contributed by atoms with van der Waals surface area (Å²) in [7, 11) is 0. The van der Waals surface area contributed by atoms with Crippen LogP contribution in [0.25, 0.3) is 0 Å². The second-order valence-electron chi connectivity index (χ2n) is 2.13. The normalized spacial score (nSPS) is 17.7. The van der Waals surface area contributed by atoms with Crippen LogP contribution in [0.4, 0.5) is 4.39 Å². The average molecular weight is 141 g/mol. The fraction of sp³-hybridized carbons (Fsp3) is 0.286. The number of nitrogens with two attached hydrogens (primary N) is 1. The van der Waals surface area contributed by atoms with Gasteiger partial charge in [-0.3, -0.25) is 4.79 Å². The first-order chi connectivity index (χ1) is 4.72. The third-order valence-corrected chi connectivity index (χ3v) is 1.41. The summed E-state index contributed by atoms with van der Waals surface area (Å²) in [6.07, 6.45) is 4.09. The van der Waals surface area contributed by atoms with Crippen molar-refractivity contribution in [1.29, 1.82) is 0 Å². The maximum atomic E-state index is 12.6. The van der Waals surface area contributed by atoms with E-state index in [1.54, 1.807) is 6.08 Å². The zero-order valence-corrected chi connectivity index (χ0v) is 5.43. The average Bonchev–Trinajstić information content (AvgIpc) is 1.88. The highest BCUT2D eigenvalue weighted by Crippen LogP contribution is 2.18. The number of hydrogen-bond acceptors (Lipinski definition) is 1. The lowest BCUT2D eigenvalue weighted by Crippen LogP contribution is -2.15. The minimum Gasteiger partial charge on any atom is -0.366 e. The van der Waals surface area contributed by atoms with Gasteiger partial charge in [0.25, 0.3) is 0 Å². The summed E-state index contributed by atoms with van der Waals surface area (Å²) < 4.78 is 12.6. The highest BCUT2D eigenvalue weighted by atomic mass is 19.1. The Morgan fingerprint density at radius 2 is 2.40 bits per heavy atom. The third kappa shape index (κ3) is 1.23.